The Labute approximate surface area is 149 Å². The van der Waals surface area contributed by atoms with E-state index in [0.29, 0.717) is 6.61 Å². The first-order chi connectivity index (χ1) is 12.1. The Morgan fingerprint density at radius 3 is 2.72 bits per heavy atom. The number of hydrogen-bond donors (Lipinski definition) is 1. The average molecular weight is 356 g/mol. The predicted molar refractivity (Wildman–Crippen MR) is 97.8 cm³/mol. The number of hydrogen-bond acceptors (Lipinski definition) is 4. The van der Waals surface area contributed by atoms with Gasteiger partial charge in [0.15, 0.2) is 0 Å². The molecule has 0 aliphatic heterocycles. The summed E-state index contributed by atoms with van der Waals surface area (Å²) in [4.78, 5) is 16.7. The second-order valence-electron chi connectivity index (χ2n) is 5.43. The molecule has 0 saturated carbocycles. The molecule has 1 heterocycles. The summed E-state index contributed by atoms with van der Waals surface area (Å²) in [5.41, 5.74) is 2.18. The number of anilines is 1. The molecule has 2 aromatic carbocycles. The highest BCUT2D eigenvalue weighted by atomic mass is 32.1. The van der Waals surface area contributed by atoms with E-state index in [0.717, 1.165) is 21.9 Å². The minimum Gasteiger partial charge on any atom is -0.494 e. The highest BCUT2D eigenvalue weighted by Crippen LogP contribution is 2.26. The molecule has 3 aromatic rings. The molecule has 128 valence electrons. The van der Waals surface area contributed by atoms with Crippen molar-refractivity contribution in [2.75, 3.05) is 11.9 Å². The minimum atomic E-state index is -0.471. The number of halogens is 1. The molecule has 0 saturated heterocycles. The van der Waals surface area contributed by atoms with Gasteiger partial charge in [-0.2, -0.15) is 0 Å². The lowest BCUT2D eigenvalue weighted by atomic mass is 10.2. The third-order valence-electron chi connectivity index (χ3n) is 3.52. The molecule has 6 heteroatoms. The van der Waals surface area contributed by atoms with E-state index in [1.54, 1.807) is 17.5 Å². The SMILES string of the molecule is CCOc1ccc(-c2nc(C(=O)Nc3cc(C)ccc3F)cs2)cc1. The normalized spacial score (nSPS) is 10.5. The molecular formula is C19H17FN2O2S. The van der Waals surface area contributed by atoms with E-state index in [1.165, 1.54) is 17.4 Å². The van der Waals surface area contributed by atoms with Gasteiger partial charge in [-0.3, -0.25) is 4.79 Å². The first kappa shape index (κ1) is 17.1. The van der Waals surface area contributed by atoms with Crippen LogP contribution in [0.25, 0.3) is 10.6 Å². The van der Waals surface area contributed by atoms with E-state index in [2.05, 4.69) is 10.3 Å². The second kappa shape index (κ2) is 7.44. The van der Waals surface area contributed by atoms with Crippen molar-refractivity contribution in [3.8, 4) is 16.3 Å². The molecule has 25 heavy (non-hydrogen) atoms. The number of nitrogens with zero attached hydrogens (tertiary/aromatic N) is 1. The van der Waals surface area contributed by atoms with Crippen LogP contribution in [-0.4, -0.2) is 17.5 Å². The van der Waals surface area contributed by atoms with Crippen molar-refractivity contribution < 1.29 is 13.9 Å². The number of thiazole rings is 1. The van der Waals surface area contributed by atoms with E-state index in [9.17, 15) is 9.18 Å². The number of ether oxygens (including phenoxy) is 1. The summed E-state index contributed by atoms with van der Waals surface area (Å²) in [6, 6.07) is 12.1. The summed E-state index contributed by atoms with van der Waals surface area (Å²) in [6.45, 7) is 4.37. The van der Waals surface area contributed by atoms with E-state index < -0.39 is 11.7 Å². The van der Waals surface area contributed by atoms with Crippen molar-refractivity contribution in [1.29, 1.82) is 0 Å². The van der Waals surface area contributed by atoms with E-state index in [1.807, 2.05) is 38.1 Å². The quantitative estimate of drug-likeness (QED) is 0.707. The number of aryl methyl sites for hydroxylation is 1. The van der Waals surface area contributed by atoms with Crippen LogP contribution in [0.15, 0.2) is 47.8 Å². The molecule has 0 aliphatic carbocycles. The fourth-order valence-electron chi connectivity index (χ4n) is 2.29. The highest BCUT2D eigenvalue weighted by Gasteiger charge is 2.14. The molecular weight excluding hydrogens is 339 g/mol. The fraction of sp³-hybridized carbons (Fsp3) is 0.158. The zero-order valence-corrected chi connectivity index (χ0v) is 14.7. The largest absolute Gasteiger partial charge is 0.494 e. The third-order valence-corrected chi connectivity index (χ3v) is 4.41. The Morgan fingerprint density at radius 1 is 1.24 bits per heavy atom. The molecule has 0 spiro atoms. The summed E-state index contributed by atoms with van der Waals surface area (Å²) >= 11 is 1.36. The number of rotatable bonds is 5. The Bertz CT molecular complexity index is 891. The van der Waals surface area contributed by atoms with Crippen LogP contribution < -0.4 is 10.1 Å². The fourth-order valence-corrected chi connectivity index (χ4v) is 3.10. The number of benzene rings is 2. The van der Waals surface area contributed by atoms with Crippen LogP contribution in [0, 0.1) is 12.7 Å². The van der Waals surface area contributed by atoms with E-state index in [-0.39, 0.29) is 11.4 Å². The molecule has 1 aromatic heterocycles. The molecule has 0 unspecified atom stereocenters. The monoisotopic (exact) mass is 356 g/mol. The maximum absolute atomic E-state index is 13.8. The van der Waals surface area contributed by atoms with E-state index in [4.69, 9.17) is 4.74 Å². The highest BCUT2D eigenvalue weighted by molar-refractivity contribution is 7.13. The van der Waals surface area contributed by atoms with Crippen LogP contribution >= 0.6 is 11.3 Å². The Balaban J connectivity index is 1.76. The maximum atomic E-state index is 13.8. The number of aromatic nitrogens is 1. The first-order valence-corrected chi connectivity index (χ1v) is 8.71. The molecule has 3 rings (SSSR count). The van der Waals surface area contributed by atoms with Crippen LogP contribution in [0.5, 0.6) is 5.75 Å². The molecule has 0 aliphatic rings. The smallest absolute Gasteiger partial charge is 0.275 e. The molecule has 0 radical (unpaired) electrons. The number of nitrogens with one attached hydrogen (secondary N) is 1. The lowest BCUT2D eigenvalue weighted by Crippen LogP contribution is -2.13. The topological polar surface area (TPSA) is 51.2 Å². The molecule has 0 atom stereocenters. The van der Waals surface area contributed by atoms with Crippen molar-refractivity contribution in [1.82, 2.24) is 4.98 Å². The summed E-state index contributed by atoms with van der Waals surface area (Å²) in [5, 5.41) is 4.95. The summed E-state index contributed by atoms with van der Waals surface area (Å²) in [5.74, 6) is -0.116. The number of amides is 1. The third kappa shape index (κ3) is 4.03. The summed E-state index contributed by atoms with van der Waals surface area (Å²) < 4.78 is 19.2. The van der Waals surface area contributed by atoms with Gasteiger partial charge < -0.3 is 10.1 Å². The molecule has 0 bridgehead atoms. The van der Waals surface area contributed by atoms with Gasteiger partial charge in [0.05, 0.1) is 12.3 Å². The zero-order valence-electron chi connectivity index (χ0n) is 13.9. The Kier molecular flexibility index (Phi) is 5.09. The second-order valence-corrected chi connectivity index (χ2v) is 6.29. The molecule has 0 fully saturated rings. The van der Waals surface area contributed by atoms with Gasteiger partial charge in [-0.05, 0) is 55.8 Å². The van der Waals surface area contributed by atoms with Crippen LogP contribution in [0.2, 0.25) is 0 Å². The average Bonchev–Trinajstić information content (AvgIpc) is 3.09. The van der Waals surface area contributed by atoms with Gasteiger partial charge in [-0.15, -0.1) is 11.3 Å². The molecule has 1 amide bonds. The first-order valence-electron chi connectivity index (χ1n) is 7.83. The van der Waals surface area contributed by atoms with Crippen LogP contribution in [0.3, 0.4) is 0 Å². The minimum absolute atomic E-state index is 0.153. The Morgan fingerprint density at radius 2 is 2.00 bits per heavy atom. The number of carbonyl (C=O) groups is 1. The van der Waals surface area contributed by atoms with Crippen molar-refractivity contribution >= 4 is 22.9 Å². The van der Waals surface area contributed by atoms with Gasteiger partial charge in [0.1, 0.15) is 22.3 Å². The van der Waals surface area contributed by atoms with Gasteiger partial charge in [0.25, 0.3) is 5.91 Å². The lowest BCUT2D eigenvalue weighted by molar-refractivity contribution is 0.102. The summed E-state index contributed by atoms with van der Waals surface area (Å²) in [7, 11) is 0. The van der Waals surface area contributed by atoms with Crippen LogP contribution in [-0.2, 0) is 0 Å². The van der Waals surface area contributed by atoms with Crippen molar-refractivity contribution in [3.05, 3.63) is 64.9 Å². The lowest BCUT2D eigenvalue weighted by Gasteiger charge is -2.05. The molecule has 4 nitrogen and oxygen atoms in total. The predicted octanol–water partition coefficient (Wildman–Crippen LogP) is 4.91. The van der Waals surface area contributed by atoms with Gasteiger partial charge in [0.2, 0.25) is 0 Å². The van der Waals surface area contributed by atoms with Gasteiger partial charge in [-0.25, -0.2) is 9.37 Å². The van der Waals surface area contributed by atoms with Gasteiger partial charge in [0, 0.05) is 10.9 Å². The zero-order chi connectivity index (χ0) is 17.8. The summed E-state index contributed by atoms with van der Waals surface area (Å²) in [6.07, 6.45) is 0. The van der Waals surface area contributed by atoms with Crippen LogP contribution in [0.1, 0.15) is 23.0 Å². The van der Waals surface area contributed by atoms with Crippen LogP contribution in [0.4, 0.5) is 10.1 Å². The Hall–Kier alpha value is -2.73. The van der Waals surface area contributed by atoms with Gasteiger partial charge in [-0.1, -0.05) is 6.07 Å². The van der Waals surface area contributed by atoms with Crippen molar-refractivity contribution in [2.45, 2.75) is 13.8 Å². The number of carbonyl (C=O) groups excluding carboxylic acids is 1. The maximum Gasteiger partial charge on any atom is 0.275 e. The van der Waals surface area contributed by atoms with Gasteiger partial charge >= 0.3 is 0 Å². The standard InChI is InChI=1S/C19H17FN2O2S/c1-3-24-14-7-5-13(6-8-14)19-22-17(11-25-19)18(23)21-16-10-12(2)4-9-15(16)20/h4-11H,3H2,1-2H3,(H,21,23). The van der Waals surface area contributed by atoms with Crippen molar-refractivity contribution in [3.63, 3.8) is 0 Å². The van der Waals surface area contributed by atoms with E-state index >= 15 is 0 Å². The molecule has 1 N–H and O–H groups in total. The van der Waals surface area contributed by atoms with Crippen molar-refractivity contribution in [2.24, 2.45) is 0 Å².